The van der Waals surface area contributed by atoms with E-state index >= 15 is 0 Å². The van der Waals surface area contributed by atoms with Gasteiger partial charge in [-0.05, 0) is 30.5 Å². The summed E-state index contributed by atoms with van der Waals surface area (Å²) in [6, 6.07) is 4.99. The summed E-state index contributed by atoms with van der Waals surface area (Å²) in [5, 5.41) is 13.0. The topological polar surface area (TPSA) is 95.5 Å². The normalized spacial score (nSPS) is 9.95. The van der Waals surface area contributed by atoms with Crippen LogP contribution >= 0.6 is 0 Å². The molecule has 7 heteroatoms. The lowest BCUT2D eigenvalue weighted by Crippen LogP contribution is -2.38. The number of hydrogen-bond acceptors (Lipinski definition) is 3. The Kier molecular flexibility index (Phi) is 6.86. The van der Waals surface area contributed by atoms with Crippen LogP contribution in [-0.4, -0.2) is 23.0 Å². The molecule has 0 saturated carbocycles. The summed E-state index contributed by atoms with van der Waals surface area (Å²) in [4.78, 5) is 33.1. The minimum Gasteiger partial charge on any atom is -0.481 e. The number of carbonyl (C=O) groups excluding carboxylic acids is 2. The maximum atomic E-state index is 12.7. The minimum absolute atomic E-state index is 0.00401. The molecule has 0 aliphatic rings. The molecule has 21 heavy (non-hydrogen) atoms. The molecule has 0 unspecified atom stereocenters. The summed E-state index contributed by atoms with van der Waals surface area (Å²) in [6.45, 7) is 0.179. The predicted molar refractivity (Wildman–Crippen MR) is 72.9 cm³/mol. The molecular weight excluding hydrogens is 279 g/mol. The number of urea groups is 1. The molecule has 0 heterocycles. The number of unbranched alkanes of at least 4 members (excludes halogenated alkanes) is 1. The molecule has 0 aliphatic heterocycles. The number of carbonyl (C=O) groups is 3. The Bertz CT molecular complexity index is 502. The van der Waals surface area contributed by atoms with Gasteiger partial charge >= 0.3 is 12.0 Å². The van der Waals surface area contributed by atoms with Crippen LogP contribution in [0, 0.1) is 5.82 Å². The molecule has 3 amide bonds. The highest BCUT2D eigenvalue weighted by Gasteiger charge is 2.07. The molecule has 1 aromatic carbocycles. The number of amides is 3. The molecule has 1 rings (SSSR count). The second kappa shape index (κ2) is 8.68. The first-order valence-corrected chi connectivity index (χ1v) is 6.51. The second-order valence-electron chi connectivity index (χ2n) is 4.46. The first kappa shape index (κ1) is 16.6. The van der Waals surface area contributed by atoms with Crippen LogP contribution in [0.2, 0.25) is 0 Å². The van der Waals surface area contributed by atoms with E-state index < -0.39 is 17.9 Å². The SMILES string of the molecule is O=C(O)CCCCC(=O)NC(=O)NCc1ccc(F)cc1. The summed E-state index contributed by atoms with van der Waals surface area (Å²) >= 11 is 0. The number of hydrogen-bond donors (Lipinski definition) is 3. The lowest BCUT2D eigenvalue weighted by Gasteiger charge is -2.06. The smallest absolute Gasteiger partial charge is 0.321 e. The van der Waals surface area contributed by atoms with E-state index in [0.717, 1.165) is 0 Å². The fourth-order valence-electron chi connectivity index (χ4n) is 1.58. The van der Waals surface area contributed by atoms with Crippen molar-refractivity contribution in [3.05, 3.63) is 35.6 Å². The first-order valence-electron chi connectivity index (χ1n) is 6.51. The van der Waals surface area contributed by atoms with Gasteiger partial charge < -0.3 is 10.4 Å². The van der Waals surface area contributed by atoms with Gasteiger partial charge in [0.15, 0.2) is 0 Å². The van der Waals surface area contributed by atoms with Gasteiger partial charge in [-0.3, -0.25) is 14.9 Å². The minimum atomic E-state index is -0.910. The summed E-state index contributed by atoms with van der Waals surface area (Å²) in [6.07, 6.45) is 0.893. The van der Waals surface area contributed by atoms with E-state index in [9.17, 15) is 18.8 Å². The van der Waals surface area contributed by atoms with Crippen LogP contribution in [-0.2, 0) is 16.1 Å². The molecule has 0 aliphatic carbocycles. The van der Waals surface area contributed by atoms with Gasteiger partial charge in [0.2, 0.25) is 5.91 Å². The van der Waals surface area contributed by atoms with Crippen LogP contribution in [0.15, 0.2) is 24.3 Å². The number of carboxylic acid groups (broad SMARTS) is 1. The quantitative estimate of drug-likeness (QED) is 0.668. The number of aliphatic carboxylic acids is 1. The Morgan fingerprint density at radius 2 is 1.67 bits per heavy atom. The van der Waals surface area contributed by atoms with Crippen molar-refractivity contribution >= 4 is 17.9 Å². The third kappa shape index (κ3) is 7.66. The van der Waals surface area contributed by atoms with Gasteiger partial charge in [-0.1, -0.05) is 12.1 Å². The molecule has 0 spiro atoms. The van der Waals surface area contributed by atoms with Crippen molar-refractivity contribution in [2.75, 3.05) is 0 Å². The van der Waals surface area contributed by atoms with Gasteiger partial charge in [-0.15, -0.1) is 0 Å². The maximum absolute atomic E-state index is 12.7. The fourth-order valence-corrected chi connectivity index (χ4v) is 1.58. The van der Waals surface area contributed by atoms with Crippen molar-refractivity contribution in [3.8, 4) is 0 Å². The van der Waals surface area contributed by atoms with Crippen molar-refractivity contribution in [3.63, 3.8) is 0 Å². The van der Waals surface area contributed by atoms with Gasteiger partial charge in [-0.2, -0.15) is 0 Å². The van der Waals surface area contributed by atoms with Crippen LogP contribution in [0.1, 0.15) is 31.2 Å². The summed E-state index contributed by atoms with van der Waals surface area (Å²) < 4.78 is 12.7. The van der Waals surface area contributed by atoms with E-state index in [0.29, 0.717) is 18.4 Å². The Balaban J connectivity index is 2.19. The highest BCUT2D eigenvalue weighted by Crippen LogP contribution is 2.02. The van der Waals surface area contributed by atoms with Gasteiger partial charge in [0.25, 0.3) is 0 Å². The van der Waals surface area contributed by atoms with Crippen molar-refractivity contribution in [1.82, 2.24) is 10.6 Å². The molecule has 1 aromatic rings. The molecule has 3 N–H and O–H groups in total. The van der Waals surface area contributed by atoms with Crippen LogP contribution < -0.4 is 10.6 Å². The number of nitrogens with one attached hydrogen (secondary N) is 2. The Morgan fingerprint density at radius 1 is 1.05 bits per heavy atom. The van der Waals surface area contributed by atoms with Crippen LogP contribution in [0.5, 0.6) is 0 Å². The maximum Gasteiger partial charge on any atom is 0.321 e. The Labute approximate surface area is 121 Å². The molecule has 0 bridgehead atoms. The molecular formula is C14H17FN2O4. The standard InChI is InChI=1S/C14H17FN2O4/c15-11-7-5-10(6-8-11)9-16-14(21)17-12(18)3-1-2-4-13(19)20/h5-8H,1-4,9H2,(H,19,20)(H2,16,17,18,21). The summed E-state index contributed by atoms with van der Waals surface area (Å²) in [7, 11) is 0. The average molecular weight is 296 g/mol. The van der Waals surface area contributed by atoms with Crippen molar-refractivity contribution in [1.29, 1.82) is 0 Å². The van der Waals surface area contributed by atoms with E-state index in [-0.39, 0.29) is 25.2 Å². The molecule has 0 atom stereocenters. The largest absolute Gasteiger partial charge is 0.481 e. The van der Waals surface area contributed by atoms with E-state index in [1.54, 1.807) is 0 Å². The first-order chi connectivity index (χ1) is 9.97. The summed E-state index contributed by atoms with van der Waals surface area (Å²) in [5.74, 6) is -1.73. The molecule has 0 saturated heterocycles. The van der Waals surface area contributed by atoms with Crippen molar-refractivity contribution in [2.24, 2.45) is 0 Å². The number of halogens is 1. The third-order valence-corrected chi connectivity index (χ3v) is 2.66. The zero-order chi connectivity index (χ0) is 15.7. The molecule has 114 valence electrons. The second-order valence-corrected chi connectivity index (χ2v) is 4.46. The van der Waals surface area contributed by atoms with Crippen molar-refractivity contribution in [2.45, 2.75) is 32.2 Å². The molecule has 0 fully saturated rings. The van der Waals surface area contributed by atoms with E-state index in [4.69, 9.17) is 5.11 Å². The van der Waals surface area contributed by atoms with Gasteiger partial charge in [0.05, 0.1) is 0 Å². The highest BCUT2D eigenvalue weighted by atomic mass is 19.1. The van der Waals surface area contributed by atoms with Gasteiger partial charge in [-0.25, -0.2) is 9.18 Å². The van der Waals surface area contributed by atoms with E-state index in [1.807, 2.05) is 0 Å². The fraction of sp³-hybridized carbons (Fsp3) is 0.357. The lowest BCUT2D eigenvalue weighted by molar-refractivity contribution is -0.137. The van der Waals surface area contributed by atoms with Gasteiger partial charge in [0, 0.05) is 19.4 Å². The van der Waals surface area contributed by atoms with E-state index in [1.165, 1.54) is 24.3 Å². The zero-order valence-corrected chi connectivity index (χ0v) is 11.4. The number of carboxylic acids is 1. The molecule has 6 nitrogen and oxygen atoms in total. The van der Waals surface area contributed by atoms with Crippen LogP contribution in [0.3, 0.4) is 0 Å². The number of benzene rings is 1. The third-order valence-electron chi connectivity index (χ3n) is 2.66. The van der Waals surface area contributed by atoms with Crippen LogP contribution in [0.4, 0.5) is 9.18 Å². The Morgan fingerprint density at radius 3 is 2.29 bits per heavy atom. The predicted octanol–water partition coefficient (Wildman–Crippen LogP) is 1.80. The summed E-state index contributed by atoms with van der Waals surface area (Å²) in [5.41, 5.74) is 0.709. The van der Waals surface area contributed by atoms with Gasteiger partial charge in [0.1, 0.15) is 5.82 Å². The van der Waals surface area contributed by atoms with E-state index in [2.05, 4.69) is 10.6 Å². The van der Waals surface area contributed by atoms with Crippen molar-refractivity contribution < 1.29 is 23.9 Å². The highest BCUT2D eigenvalue weighted by molar-refractivity contribution is 5.94. The van der Waals surface area contributed by atoms with Crippen LogP contribution in [0.25, 0.3) is 0 Å². The number of rotatable bonds is 7. The average Bonchev–Trinajstić information content (AvgIpc) is 2.43. The zero-order valence-electron chi connectivity index (χ0n) is 11.4. The lowest BCUT2D eigenvalue weighted by atomic mass is 10.2. The monoisotopic (exact) mass is 296 g/mol. The Hall–Kier alpha value is -2.44. The molecule has 0 radical (unpaired) electrons. The number of imide groups is 1. The molecule has 0 aromatic heterocycles.